The first kappa shape index (κ1) is 16.0. The van der Waals surface area contributed by atoms with E-state index in [9.17, 15) is 0 Å². The van der Waals surface area contributed by atoms with Crippen LogP contribution in [-0.2, 0) is 0 Å². The topological polar surface area (TPSA) is 0 Å². The molecule has 0 saturated carbocycles. The SMILES string of the molecule is CCC(C)CC(C)C(C)CC(C)CC(C)C. The molecule has 4 atom stereocenters. The highest BCUT2D eigenvalue weighted by atomic mass is 14.2. The Morgan fingerprint density at radius 2 is 1.06 bits per heavy atom. The fourth-order valence-corrected chi connectivity index (χ4v) is 2.80. The summed E-state index contributed by atoms with van der Waals surface area (Å²) in [6.45, 7) is 16.7. The third-order valence-electron chi connectivity index (χ3n) is 4.09. The summed E-state index contributed by atoms with van der Waals surface area (Å²) in [4.78, 5) is 0. The highest BCUT2D eigenvalue weighted by molar-refractivity contribution is 4.68. The summed E-state index contributed by atoms with van der Waals surface area (Å²) in [5.74, 6) is 4.44. The Labute approximate surface area is 104 Å². The quantitative estimate of drug-likeness (QED) is 0.493. The van der Waals surface area contributed by atoms with Crippen molar-refractivity contribution >= 4 is 0 Å². The molecule has 0 aliphatic heterocycles. The summed E-state index contributed by atoms with van der Waals surface area (Å²) in [7, 11) is 0. The summed E-state index contributed by atoms with van der Waals surface area (Å²) < 4.78 is 0. The predicted molar refractivity (Wildman–Crippen MR) is 75.6 cm³/mol. The molecule has 0 aliphatic carbocycles. The minimum atomic E-state index is 0.854. The van der Waals surface area contributed by atoms with Crippen LogP contribution in [0.2, 0.25) is 0 Å². The lowest BCUT2D eigenvalue weighted by Crippen LogP contribution is -2.15. The lowest BCUT2D eigenvalue weighted by Gasteiger charge is -2.26. The molecule has 0 rings (SSSR count). The van der Waals surface area contributed by atoms with Gasteiger partial charge in [-0.05, 0) is 48.9 Å². The molecule has 98 valence electrons. The molecule has 4 unspecified atom stereocenters. The minimum Gasteiger partial charge on any atom is -0.0651 e. The lowest BCUT2D eigenvalue weighted by molar-refractivity contribution is 0.253. The number of rotatable bonds is 8. The zero-order chi connectivity index (χ0) is 12.7. The molecule has 0 aromatic carbocycles. The van der Waals surface area contributed by atoms with Crippen molar-refractivity contribution in [1.82, 2.24) is 0 Å². The molecule has 0 bridgehead atoms. The molecule has 0 spiro atoms. The molecule has 0 aliphatic rings. The van der Waals surface area contributed by atoms with Gasteiger partial charge in [0, 0.05) is 0 Å². The van der Waals surface area contributed by atoms with Crippen LogP contribution in [-0.4, -0.2) is 0 Å². The van der Waals surface area contributed by atoms with Gasteiger partial charge in [0.1, 0.15) is 0 Å². The van der Waals surface area contributed by atoms with Crippen molar-refractivity contribution in [3.05, 3.63) is 0 Å². The van der Waals surface area contributed by atoms with Crippen molar-refractivity contribution in [2.75, 3.05) is 0 Å². The highest BCUT2D eigenvalue weighted by Crippen LogP contribution is 2.28. The zero-order valence-corrected chi connectivity index (χ0v) is 12.7. The summed E-state index contributed by atoms with van der Waals surface area (Å²) in [5, 5.41) is 0. The van der Waals surface area contributed by atoms with E-state index in [0.717, 1.165) is 29.6 Å². The van der Waals surface area contributed by atoms with E-state index >= 15 is 0 Å². The van der Waals surface area contributed by atoms with Gasteiger partial charge in [0.2, 0.25) is 0 Å². The third-order valence-corrected chi connectivity index (χ3v) is 4.09. The molecular weight excluding hydrogens is 192 g/mol. The fraction of sp³-hybridized carbons (Fsp3) is 1.00. The molecule has 0 heterocycles. The molecule has 0 nitrogen and oxygen atoms in total. The summed E-state index contributed by atoms with van der Waals surface area (Å²) in [6, 6.07) is 0. The van der Waals surface area contributed by atoms with Crippen LogP contribution >= 0.6 is 0 Å². The largest absolute Gasteiger partial charge is 0.0651 e. The van der Waals surface area contributed by atoms with Gasteiger partial charge in [0.25, 0.3) is 0 Å². The van der Waals surface area contributed by atoms with E-state index in [-0.39, 0.29) is 0 Å². The van der Waals surface area contributed by atoms with E-state index in [1.54, 1.807) is 0 Å². The van der Waals surface area contributed by atoms with Crippen LogP contribution < -0.4 is 0 Å². The van der Waals surface area contributed by atoms with Gasteiger partial charge < -0.3 is 0 Å². The molecule has 16 heavy (non-hydrogen) atoms. The standard InChI is InChI=1S/C16H34/c1-8-13(4)10-15(6)16(7)11-14(5)9-12(2)3/h12-16H,8-11H2,1-7H3. The van der Waals surface area contributed by atoms with E-state index < -0.39 is 0 Å². The molecular formula is C16H34. The van der Waals surface area contributed by atoms with Crippen LogP contribution in [0.25, 0.3) is 0 Å². The van der Waals surface area contributed by atoms with Crippen molar-refractivity contribution in [2.24, 2.45) is 29.6 Å². The van der Waals surface area contributed by atoms with E-state index in [0.29, 0.717) is 0 Å². The Morgan fingerprint density at radius 3 is 1.44 bits per heavy atom. The molecule has 0 heteroatoms. The van der Waals surface area contributed by atoms with Crippen molar-refractivity contribution in [2.45, 2.75) is 74.1 Å². The van der Waals surface area contributed by atoms with Crippen LogP contribution in [0, 0.1) is 29.6 Å². The summed E-state index contributed by atoms with van der Waals surface area (Å²) in [6.07, 6.45) is 5.54. The van der Waals surface area contributed by atoms with Gasteiger partial charge in [-0.15, -0.1) is 0 Å². The van der Waals surface area contributed by atoms with Gasteiger partial charge in [-0.3, -0.25) is 0 Å². The molecule has 0 N–H and O–H groups in total. The molecule has 0 aromatic rings. The zero-order valence-electron chi connectivity index (χ0n) is 12.7. The summed E-state index contributed by atoms with van der Waals surface area (Å²) in [5.41, 5.74) is 0. The number of hydrogen-bond acceptors (Lipinski definition) is 0. The van der Waals surface area contributed by atoms with Crippen molar-refractivity contribution in [1.29, 1.82) is 0 Å². The second-order valence-corrected chi connectivity index (χ2v) is 6.67. The molecule has 0 radical (unpaired) electrons. The van der Waals surface area contributed by atoms with Gasteiger partial charge in [0.15, 0.2) is 0 Å². The Hall–Kier alpha value is 0. The van der Waals surface area contributed by atoms with Crippen molar-refractivity contribution in [3.8, 4) is 0 Å². The molecule has 0 saturated heterocycles. The van der Waals surface area contributed by atoms with Gasteiger partial charge in [-0.1, -0.05) is 54.9 Å². The van der Waals surface area contributed by atoms with Gasteiger partial charge in [-0.2, -0.15) is 0 Å². The molecule has 0 amide bonds. The number of hydrogen-bond donors (Lipinski definition) is 0. The van der Waals surface area contributed by atoms with Crippen LogP contribution in [0.1, 0.15) is 74.1 Å². The van der Waals surface area contributed by atoms with Crippen molar-refractivity contribution < 1.29 is 0 Å². The first-order valence-electron chi connectivity index (χ1n) is 7.36. The maximum absolute atomic E-state index is 2.45. The Kier molecular flexibility index (Phi) is 8.14. The van der Waals surface area contributed by atoms with Crippen LogP contribution in [0.3, 0.4) is 0 Å². The van der Waals surface area contributed by atoms with Crippen molar-refractivity contribution in [3.63, 3.8) is 0 Å². The second-order valence-electron chi connectivity index (χ2n) is 6.67. The predicted octanol–water partition coefficient (Wildman–Crippen LogP) is 5.77. The van der Waals surface area contributed by atoms with Crippen LogP contribution in [0.15, 0.2) is 0 Å². The maximum atomic E-state index is 2.45. The normalized spacial score (nSPS) is 19.5. The van der Waals surface area contributed by atoms with Gasteiger partial charge in [-0.25, -0.2) is 0 Å². The van der Waals surface area contributed by atoms with E-state index in [1.807, 2.05) is 0 Å². The van der Waals surface area contributed by atoms with Crippen LogP contribution in [0.5, 0.6) is 0 Å². The minimum absolute atomic E-state index is 0.854. The Bertz CT molecular complexity index is 159. The van der Waals surface area contributed by atoms with Gasteiger partial charge >= 0.3 is 0 Å². The molecule has 0 fully saturated rings. The first-order chi connectivity index (χ1) is 7.36. The smallest absolute Gasteiger partial charge is 0.0414 e. The third kappa shape index (κ3) is 7.30. The Morgan fingerprint density at radius 1 is 0.625 bits per heavy atom. The average molecular weight is 226 g/mol. The second kappa shape index (κ2) is 8.14. The van der Waals surface area contributed by atoms with Gasteiger partial charge in [0.05, 0.1) is 0 Å². The average Bonchev–Trinajstić information content (AvgIpc) is 2.15. The lowest BCUT2D eigenvalue weighted by atomic mass is 9.80. The van der Waals surface area contributed by atoms with Crippen LogP contribution in [0.4, 0.5) is 0 Å². The highest BCUT2D eigenvalue weighted by Gasteiger charge is 2.17. The molecule has 0 aromatic heterocycles. The summed E-state index contributed by atoms with van der Waals surface area (Å²) >= 11 is 0. The van der Waals surface area contributed by atoms with E-state index in [4.69, 9.17) is 0 Å². The van der Waals surface area contributed by atoms with E-state index in [2.05, 4.69) is 48.5 Å². The maximum Gasteiger partial charge on any atom is -0.0414 e. The fourth-order valence-electron chi connectivity index (χ4n) is 2.80. The monoisotopic (exact) mass is 226 g/mol. The first-order valence-corrected chi connectivity index (χ1v) is 7.36. The van der Waals surface area contributed by atoms with E-state index in [1.165, 1.54) is 25.7 Å². The Balaban J connectivity index is 3.89.